The van der Waals surface area contributed by atoms with E-state index in [1.807, 2.05) is 0 Å². The van der Waals surface area contributed by atoms with Crippen LogP contribution < -0.4 is 10.2 Å². The molecule has 1 saturated heterocycles. The first-order valence-electron chi connectivity index (χ1n) is 8.69. The monoisotopic (exact) mass is 290 g/mol. The molecule has 118 valence electrons. The highest BCUT2D eigenvalue weighted by atomic mass is 15.4. The van der Waals surface area contributed by atoms with Gasteiger partial charge in [0.15, 0.2) is 0 Å². The lowest BCUT2D eigenvalue weighted by Gasteiger charge is -2.24. The molecule has 3 rings (SSSR count). The Kier molecular flexibility index (Phi) is 4.53. The Morgan fingerprint density at radius 3 is 2.71 bits per heavy atom. The van der Waals surface area contributed by atoms with Gasteiger partial charge in [0.1, 0.15) is 5.82 Å². The Morgan fingerprint density at radius 1 is 1.19 bits per heavy atom. The number of nitrogens with zero attached hydrogens (tertiary/aromatic N) is 3. The molecule has 0 spiro atoms. The van der Waals surface area contributed by atoms with Crippen LogP contribution in [0.25, 0.3) is 0 Å². The molecule has 1 aromatic rings. The van der Waals surface area contributed by atoms with E-state index in [9.17, 15) is 0 Å². The molecule has 21 heavy (non-hydrogen) atoms. The predicted octanol–water partition coefficient (Wildman–Crippen LogP) is 3.00. The number of anilines is 1. The minimum Gasteiger partial charge on any atom is -0.357 e. The van der Waals surface area contributed by atoms with E-state index in [0.29, 0.717) is 0 Å². The number of rotatable bonds is 5. The quantitative estimate of drug-likeness (QED) is 0.905. The van der Waals surface area contributed by atoms with E-state index in [4.69, 9.17) is 0 Å². The second-order valence-electron chi connectivity index (χ2n) is 6.86. The Bertz CT molecular complexity index is 475. The van der Waals surface area contributed by atoms with E-state index in [2.05, 4.69) is 40.9 Å². The van der Waals surface area contributed by atoms with E-state index >= 15 is 0 Å². The van der Waals surface area contributed by atoms with Crippen LogP contribution in [-0.4, -0.2) is 28.9 Å². The van der Waals surface area contributed by atoms with Crippen LogP contribution in [0, 0.1) is 12.8 Å². The highest BCUT2D eigenvalue weighted by Gasteiger charge is 2.25. The first-order valence-corrected chi connectivity index (χ1v) is 8.69. The zero-order valence-corrected chi connectivity index (χ0v) is 13.9. The summed E-state index contributed by atoms with van der Waals surface area (Å²) in [6.07, 6.45) is 8.05. The Balaban J connectivity index is 1.75. The van der Waals surface area contributed by atoms with Crippen LogP contribution in [0.3, 0.4) is 0 Å². The summed E-state index contributed by atoms with van der Waals surface area (Å²) in [4.78, 5) is 2.58. The third-order valence-electron chi connectivity index (χ3n) is 5.18. The van der Waals surface area contributed by atoms with Crippen molar-refractivity contribution >= 4 is 5.82 Å². The molecule has 4 nitrogen and oxygen atoms in total. The van der Waals surface area contributed by atoms with Crippen LogP contribution in [0.4, 0.5) is 5.82 Å². The molecule has 1 saturated carbocycles. The van der Waals surface area contributed by atoms with E-state index in [0.717, 1.165) is 18.5 Å². The molecule has 1 N–H and O–H groups in total. The Hall–Kier alpha value is -1.03. The standard InChI is InChI=1S/C17H30N4/c1-4-14-6-5-10-21(11-9-14)17-16(12-18-15-7-8-15)13(2)19-20(17)3/h14-15,18H,4-12H2,1-3H3. The fraction of sp³-hybridized carbons (Fsp3) is 0.824. The smallest absolute Gasteiger partial charge is 0.131 e. The van der Waals surface area contributed by atoms with Crippen molar-refractivity contribution in [1.82, 2.24) is 15.1 Å². The summed E-state index contributed by atoms with van der Waals surface area (Å²) in [6, 6.07) is 0.756. The molecule has 1 aromatic heterocycles. The van der Waals surface area contributed by atoms with Gasteiger partial charge in [0.2, 0.25) is 0 Å². The summed E-state index contributed by atoms with van der Waals surface area (Å²) in [5, 5.41) is 8.35. The average Bonchev–Trinajstić information content (AvgIpc) is 3.26. The molecular formula is C17H30N4. The largest absolute Gasteiger partial charge is 0.357 e. The van der Waals surface area contributed by atoms with Gasteiger partial charge in [-0.05, 0) is 44.9 Å². The molecule has 4 heteroatoms. The van der Waals surface area contributed by atoms with Crippen molar-refractivity contribution in [3.63, 3.8) is 0 Å². The summed E-state index contributed by atoms with van der Waals surface area (Å²) >= 11 is 0. The average molecular weight is 290 g/mol. The first-order chi connectivity index (χ1) is 10.2. The zero-order chi connectivity index (χ0) is 14.8. The van der Waals surface area contributed by atoms with Gasteiger partial charge in [-0.15, -0.1) is 0 Å². The third kappa shape index (κ3) is 3.42. The van der Waals surface area contributed by atoms with Crippen LogP contribution in [0.1, 0.15) is 56.7 Å². The van der Waals surface area contributed by atoms with Gasteiger partial charge >= 0.3 is 0 Å². The number of hydrogen-bond acceptors (Lipinski definition) is 3. The number of hydrogen-bond donors (Lipinski definition) is 1. The molecule has 1 unspecified atom stereocenters. The van der Waals surface area contributed by atoms with Crippen molar-refractivity contribution in [2.75, 3.05) is 18.0 Å². The number of aryl methyl sites for hydroxylation is 2. The van der Waals surface area contributed by atoms with Gasteiger partial charge in [-0.1, -0.05) is 13.3 Å². The predicted molar refractivity (Wildman–Crippen MR) is 87.7 cm³/mol. The van der Waals surface area contributed by atoms with Gasteiger partial charge in [-0.25, -0.2) is 0 Å². The van der Waals surface area contributed by atoms with Crippen LogP contribution in [0.2, 0.25) is 0 Å². The highest BCUT2D eigenvalue weighted by Crippen LogP contribution is 2.29. The topological polar surface area (TPSA) is 33.1 Å². The fourth-order valence-corrected chi connectivity index (χ4v) is 3.61. The number of aromatic nitrogens is 2. The molecule has 0 amide bonds. The van der Waals surface area contributed by atoms with Crippen molar-refractivity contribution in [2.45, 2.75) is 65.0 Å². The van der Waals surface area contributed by atoms with Gasteiger partial charge in [0.05, 0.1) is 5.69 Å². The van der Waals surface area contributed by atoms with Gasteiger partial charge in [-0.3, -0.25) is 4.68 Å². The van der Waals surface area contributed by atoms with E-state index in [-0.39, 0.29) is 0 Å². The lowest BCUT2D eigenvalue weighted by atomic mass is 9.98. The second kappa shape index (κ2) is 6.39. The molecule has 2 fully saturated rings. The van der Waals surface area contributed by atoms with Crippen LogP contribution in [-0.2, 0) is 13.6 Å². The van der Waals surface area contributed by atoms with Gasteiger partial charge in [0.25, 0.3) is 0 Å². The van der Waals surface area contributed by atoms with Crippen LogP contribution >= 0.6 is 0 Å². The molecule has 2 heterocycles. The summed E-state index contributed by atoms with van der Waals surface area (Å²) in [6.45, 7) is 7.84. The Labute approximate surface area is 128 Å². The van der Waals surface area contributed by atoms with Gasteiger partial charge < -0.3 is 10.2 Å². The zero-order valence-electron chi connectivity index (χ0n) is 13.9. The molecule has 1 aliphatic carbocycles. The maximum Gasteiger partial charge on any atom is 0.131 e. The molecule has 1 atom stereocenters. The highest BCUT2D eigenvalue weighted by molar-refractivity contribution is 5.50. The van der Waals surface area contributed by atoms with Gasteiger partial charge in [0, 0.05) is 38.3 Å². The lowest BCUT2D eigenvalue weighted by Crippen LogP contribution is -2.28. The normalized spacial score (nSPS) is 23.4. The van der Waals surface area contributed by atoms with E-state index < -0.39 is 0 Å². The van der Waals surface area contributed by atoms with Crippen molar-refractivity contribution in [2.24, 2.45) is 13.0 Å². The first kappa shape index (κ1) is 14.9. The maximum atomic E-state index is 4.69. The summed E-state index contributed by atoms with van der Waals surface area (Å²) in [5.41, 5.74) is 2.61. The van der Waals surface area contributed by atoms with Crippen molar-refractivity contribution < 1.29 is 0 Å². The third-order valence-corrected chi connectivity index (χ3v) is 5.18. The van der Waals surface area contributed by atoms with Crippen molar-refractivity contribution in [3.8, 4) is 0 Å². The van der Waals surface area contributed by atoms with E-state index in [1.165, 1.54) is 68.7 Å². The van der Waals surface area contributed by atoms with Crippen molar-refractivity contribution in [3.05, 3.63) is 11.3 Å². The van der Waals surface area contributed by atoms with E-state index in [1.54, 1.807) is 0 Å². The van der Waals surface area contributed by atoms with Crippen LogP contribution in [0.5, 0.6) is 0 Å². The van der Waals surface area contributed by atoms with Crippen molar-refractivity contribution in [1.29, 1.82) is 0 Å². The number of nitrogens with one attached hydrogen (secondary N) is 1. The second-order valence-corrected chi connectivity index (χ2v) is 6.86. The molecule has 0 bridgehead atoms. The Morgan fingerprint density at radius 2 is 2.00 bits per heavy atom. The summed E-state index contributed by atoms with van der Waals surface area (Å²) < 4.78 is 2.10. The SMILES string of the molecule is CCC1CCCN(c2c(CNC3CC3)c(C)nn2C)CC1. The molecule has 1 aliphatic heterocycles. The summed E-state index contributed by atoms with van der Waals surface area (Å²) in [7, 11) is 2.10. The fourth-order valence-electron chi connectivity index (χ4n) is 3.61. The minimum absolute atomic E-state index is 0.756. The molecule has 0 aromatic carbocycles. The molecule has 2 aliphatic rings. The molecule has 0 radical (unpaired) electrons. The maximum absolute atomic E-state index is 4.69. The van der Waals surface area contributed by atoms with Gasteiger partial charge in [-0.2, -0.15) is 5.10 Å². The minimum atomic E-state index is 0.756. The summed E-state index contributed by atoms with van der Waals surface area (Å²) in [5.74, 6) is 2.27. The lowest BCUT2D eigenvalue weighted by molar-refractivity contribution is 0.459. The van der Waals surface area contributed by atoms with Crippen LogP contribution in [0.15, 0.2) is 0 Å². The molecular weight excluding hydrogens is 260 g/mol.